The zero-order valence-electron chi connectivity index (χ0n) is 8.12. The van der Waals surface area contributed by atoms with Crippen molar-refractivity contribution in [3.63, 3.8) is 0 Å². The van der Waals surface area contributed by atoms with Crippen molar-refractivity contribution in [2.75, 3.05) is 6.61 Å². The highest BCUT2D eigenvalue weighted by molar-refractivity contribution is 5.94. The molecular formula is C10H14N2O2. The molecule has 0 aromatic heterocycles. The van der Waals surface area contributed by atoms with Gasteiger partial charge in [-0.1, -0.05) is 18.2 Å². The predicted octanol–water partition coefficient (Wildman–Crippen LogP) is 0.827. The fraction of sp³-hybridized carbons (Fsp3) is 0.300. The Hall–Kier alpha value is -1.39. The van der Waals surface area contributed by atoms with Crippen molar-refractivity contribution in [3.8, 4) is 0 Å². The number of amides is 1. The molecule has 0 aliphatic carbocycles. The van der Waals surface area contributed by atoms with Gasteiger partial charge in [0.1, 0.15) is 0 Å². The lowest BCUT2D eigenvalue weighted by molar-refractivity contribution is 0.0462. The molecule has 4 heteroatoms. The summed E-state index contributed by atoms with van der Waals surface area (Å²) in [5.41, 5.74) is 9.32. The minimum Gasteiger partial charge on any atom is -0.366 e. The molecule has 0 saturated carbocycles. The van der Waals surface area contributed by atoms with Crippen LogP contribution in [0, 0.1) is 0 Å². The second-order valence-corrected chi connectivity index (χ2v) is 2.78. The van der Waals surface area contributed by atoms with E-state index < -0.39 is 5.91 Å². The van der Waals surface area contributed by atoms with Gasteiger partial charge in [0.15, 0.2) is 0 Å². The van der Waals surface area contributed by atoms with Crippen LogP contribution in [0.3, 0.4) is 0 Å². The monoisotopic (exact) mass is 194 g/mol. The number of primary amides is 1. The molecule has 1 aromatic rings. The first-order valence-electron chi connectivity index (χ1n) is 4.48. The van der Waals surface area contributed by atoms with E-state index in [2.05, 4.69) is 5.48 Å². The van der Waals surface area contributed by atoms with E-state index in [0.717, 1.165) is 5.56 Å². The van der Waals surface area contributed by atoms with Gasteiger partial charge >= 0.3 is 0 Å². The number of carbonyl (C=O) groups is 1. The zero-order chi connectivity index (χ0) is 10.4. The molecular weight excluding hydrogens is 180 g/mol. The van der Waals surface area contributed by atoms with Crippen molar-refractivity contribution >= 4 is 5.91 Å². The zero-order valence-corrected chi connectivity index (χ0v) is 8.12. The van der Waals surface area contributed by atoms with E-state index >= 15 is 0 Å². The van der Waals surface area contributed by atoms with Gasteiger partial charge < -0.3 is 10.6 Å². The average molecular weight is 194 g/mol. The number of nitrogens with one attached hydrogen (secondary N) is 1. The number of rotatable bonds is 5. The highest BCUT2D eigenvalue weighted by atomic mass is 16.6. The Labute approximate surface area is 83.0 Å². The number of carbonyl (C=O) groups excluding carboxylic acids is 1. The van der Waals surface area contributed by atoms with Crippen LogP contribution in [0.1, 0.15) is 22.8 Å². The average Bonchev–Trinajstić information content (AvgIpc) is 2.19. The molecule has 0 atom stereocenters. The number of hydrogen-bond acceptors (Lipinski definition) is 3. The van der Waals surface area contributed by atoms with Crippen LogP contribution in [0.25, 0.3) is 0 Å². The largest absolute Gasteiger partial charge is 0.366 e. The highest BCUT2D eigenvalue weighted by Gasteiger charge is 2.05. The summed E-state index contributed by atoms with van der Waals surface area (Å²) in [5.74, 6) is -0.418. The molecule has 1 aromatic carbocycles. The molecule has 0 spiro atoms. The minimum absolute atomic E-state index is 0.418. The van der Waals surface area contributed by atoms with E-state index in [9.17, 15) is 4.79 Å². The van der Waals surface area contributed by atoms with Gasteiger partial charge in [0.2, 0.25) is 5.91 Å². The van der Waals surface area contributed by atoms with Gasteiger partial charge in [0.25, 0.3) is 0 Å². The Morgan fingerprint density at radius 2 is 2.21 bits per heavy atom. The fourth-order valence-electron chi connectivity index (χ4n) is 1.15. The van der Waals surface area contributed by atoms with Gasteiger partial charge in [-0.2, -0.15) is 5.48 Å². The molecule has 0 aliphatic heterocycles. The normalized spacial score (nSPS) is 10.1. The minimum atomic E-state index is -0.418. The van der Waals surface area contributed by atoms with Crippen LogP contribution >= 0.6 is 0 Å². The molecule has 0 radical (unpaired) electrons. The lowest BCUT2D eigenvalue weighted by Gasteiger charge is -2.07. The Kier molecular flexibility index (Phi) is 4.10. The molecule has 1 amide bonds. The molecule has 0 fully saturated rings. The van der Waals surface area contributed by atoms with E-state index in [1.54, 1.807) is 12.1 Å². The smallest absolute Gasteiger partial charge is 0.249 e. The van der Waals surface area contributed by atoms with Crippen molar-refractivity contribution in [1.82, 2.24) is 5.48 Å². The predicted molar refractivity (Wildman–Crippen MR) is 53.4 cm³/mol. The summed E-state index contributed by atoms with van der Waals surface area (Å²) in [6.45, 7) is 2.94. The second-order valence-electron chi connectivity index (χ2n) is 2.78. The lowest BCUT2D eigenvalue weighted by Crippen LogP contribution is -2.19. The summed E-state index contributed by atoms with van der Waals surface area (Å²) in [6, 6.07) is 7.18. The van der Waals surface area contributed by atoms with Crippen LogP contribution in [-0.2, 0) is 11.4 Å². The van der Waals surface area contributed by atoms with Gasteiger partial charge in [-0.15, -0.1) is 0 Å². The van der Waals surface area contributed by atoms with E-state index in [-0.39, 0.29) is 0 Å². The van der Waals surface area contributed by atoms with Crippen molar-refractivity contribution in [1.29, 1.82) is 0 Å². The molecule has 0 heterocycles. The van der Waals surface area contributed by atoms with Crippen LogP contribution in [0.15, 0.2) is 24.3 Å². The van der Waals surface area contributed by atoms with Gasteiger partial charge in [0, 0.05) is 12.1 Å². The van der Waals surface area contributed by atoms with Crippen molar-refractivity contribution in [2.45, 2.75) is 13.5 Å². The van der Waals surface area contributed by atoms with Crippen molar-refractivity contribution in [3.05, 3.63) is 35.4 Å². The Balaban J connectivity index is 2.69. The third kappa shape index (κ3) is 2.83. The topological polar surface area (TPSA) is 64.3 Å². The molecule has 0 saturated heterocycles. The summed E-state index contributed by atoms with van der Waals surface area (Å²) in [4.78, 5) is 16.0. The maximum absolute atomic E-state index is 11.0. The van der Waals surface area contributed by atoms with E-state index in [0.29, 0.717) is 18.7 Å². The number of hydroxylamine groups is 1. The number of benzene rings is 1. The number of nitrogens with two attached hydrogens (primary N) is 1. The molecule has 0 bridgehead atoms. The summed E-state index contributed by atoms with van der Waals surface area (Å²) in [6.07, 6.45) is 0. The Bertz CT molecular complexity index is 313. The molecule has 0 unspecified atom stereocenters. The van der Waals surface area contributed by atoms with Crippen LogP contribution < -0.4 is 11.2 Å². The van der Waals surface area contributed by atoms with Crippen LogP contribution in [0.2, 0.25) is 0 Å². The summed E-state index contributed by atoms with van der Waals surface area (Å²) < 4.78 is 0. The van der Waals surface area contributed by atoms with Crippen molar-refractivity contribution < 1.29 is 9.63 Å². The molecule has 0 aliphatic rings. The van der Waals surface area contributed by atoms with Gasteiger partial charge in [-0.05, 0) is 18.6 Å². The third-order valence-corrected chi connectivity index (χ3v) is 1.79. The lowest BCUT2D eigenvalue weighted by atomic mass is 10.1. The summed E-state index contributed by atoms with van der Waals surface area (Å²) in [5, 5.41) is 0. The molecule has 14 heavy (non-hydrogen) atoms. The number of hydrogen-bond donors (Lipinski definition) is 2. The molecule has 1 rings (SSSR count). The van der Waals surface area contributed by atoms with Gasteiger partial charge in [0.05, 0.1) is 6.61 Å². The molecule has 3 N–H and O–H groups in total. The first kappa shape index (κ1) is 10.7. The fourth-order valence-corrected chi connectivity index (χ4v) is 1.15. The SMILES string of the molecule is CCONCc1ccccc1C(N)=O. The van der Waals surface area contributed by atoms with E-state index in [1.165, 1.54) is 0 Å². The van der Waals surface area contributed by atoms with Gasteiger partial charge in [-0.25, -0.2) is 0 Å². The Morgan fingerprint density at radius 1 is 1.50 bits per heavy atom. The first-order chi connectivity index (χ1) is 6.75. The summed E-state index contributed by atoms with van der Waals surface area (Å²) >= 11 is 0. The maximum Gasteiger partial charge on any atom is 0.249 e. The second kappa shape index (κ2) is 5.36. The Morgan fingerprint density at radius 3 is 2.86 bits per heavy atom. The standard InChI is InChI=1S/C10H14N2O2/c1-2-14-12-7-8-5-3-4-6-9(8)10(11)13/h3-6,12H,2,7H2,1H3,(H2,11,13). The van der Waals surface area contributed by atoms with Crippen molar-refractivity contribution in [2.24, 2.45) is 5.73 Å². The van der Waals surface area contributed by atoms with Crippen LogP contribution in [-0.4, -0.2) is 12.5 Å². The first-order valence-corrected chi connectivity index (χ1v) is 4.48. The highest BCUT2D eigenvalue weighted by Crippen LogP contribution is 2.07. The van der Waals surface area contributed by atoms with Gasteiger partial charge in [-0.3, -0.25) is 4.79 Å². The summed E-state index contributed by atoms with van der Waals surface area (Å²) in [7, 11) is 0. The van der Waals surface area contributed by atoms with Crippen LogP contribution in [0.5, 0.6) is 0 Å². The third-order valence-electron chi connectivity index (χ3n) is 1.79. The maximum atomic E-state index is 11.0. The van der Waals surface area contributed by atoms with E-state index in [4.69, 9.17) is 10.6 Å². The molecule has 76 valence electrons. The molecule has 4 nitrogen and oxygen atoms in total. The van der Waals surface area contributed by atoms with Crippen LogP contribution in [0.4, 0.5) is 0 Å². The van der Waals surface area contributed by atoms with E-state index in [1.807, 2.05) is 19.1 Å². The quantitative estimate of drug-likeness (QED) is 0.539.